The maximum Gasteiger partial charge on any atom is 0.126 e. The van der Waals surface area contributed by atoms with Crippen LogP contribution >= 0.6 is 0 Å². The van der Waals surface area contributed by atoms with Gasteiger partial charge in [0.25, 0.3) is 0 Å². The van der Waals surface area contributed by atoms with E-state index in [0.717, 1.165) is 17.8 Å². The normalized spacial score (nSPS) is 15.4. The third kappa shape index (κ3) is 16.7. The fraction of sp³-hybridized carbons (Fsp3) is 0.909. The van der Waals surface area contributed by atoms with Crippen molar-refractivity contribution in [1.29, 1.82) is 0 Å². The van der Waals surface area contributed by atoms with Gasteiger partial charge in [0.2, 0.25) is 0 Å². The molecule has 2 atom stereocenters. The van der Waals surface area contributed by atoms with Gasteiger partial charge < -0.3 is 0 Å². The Balaban J connectivity index is 3.59. The smallest absolute Gasteiger partial charge is 0.0727 e. The summed E-state index contributed by atoms with van der Waals surface area (Å²) in [6, 6.07) is 0. The standard InChI is InChI=1S/C22H45S/c1-19(2)11-8-12-20(3)13-9-14-21(4)15-10-16-22(5)17-18-23(6)7/h17,19-21H,8-16,18H2,1-7H3/q+1/t20-,21-/m1/s1. The molecule has 0 rings (SSSR count). The average Bonchev–Trinajstić information content (AvgIpc) is 2.44. The zero-order valence-corrected chi connectivity index (χ0v) is 18.1. The molecule has 1 heteroatoms. The monoisotopic (exact) mass is 341 g/mol. The first-order chi connectivity index (χ1) is 10.8. The largest absolute Gasteiger partial charge is 0.126 e. The average molecular weight is 342 g/mol. The zero-order chi connectivity index (χ0) is 17.7. The van der Waals surface area contributed by atoms with Crippen molar-refractivity contribution in [3.05, 3.63) is 11.6 Å². The van der Waals surface area contributed by atoms with Crippen molar-refractivity contribution in [1.82, 2.24) is 0 Å². The molecule has 0 radical (unpaired) electrons. The summed E-state index contributed by atoms with van der Waals surface area (Å²) >= 11 is 0. The molecule has 0 heterocycles. The Morgan fingerprint density at radius 1 is 0.783 bits per heavy atom. The van der Waals surface area contributed by atoms with Crippen molar-refractivity contribution < 1.29 is 0 Å². The second-order valence-electron chi connectivity index (χ2n) is 8.56. The van der Waals surface area contributed by atoms with Gasteiger partial charge in [0.1, 0.15) is 5.75 Å². The first-order valence-corrected chi connectivity index (χ1v) is 12.2. The van der Waals surface area contributed by atoms with E-state index in [4.69, 9.17) is 0 Å². The number of allylic oxidation sites excluding steroid dienone is 1. The van der Waals surface area contributed by atoms with Crippen molar-refractivity contribution in [2.45, 2.75) is 92.4 Å². The molecule has 0 aliphatic carbocycles. The molecule has 0 aliphatic heterocycles. The van der Waals surface area contributed by atoms with Gasteiger partial charge in [-0.25, -0.2) is 0 Å². The minimum absolute atomic E-state index is 0.559. The molecule has 0 spiro atoms. The molecule has 0 nitrogen and oxygen atoms in total. The second-order valence-corrected chi connectivity index (χ2v) is 10.9. The molecule has 0 aromatic heterocycles. The van der Waals surface area contributed by atoms with Crippen LogP contribution in [0.15, 0.2) is 11.6 Å². The molecule has 0 fully saturated rings. The van der Waals surface area contributed by atoms with Crippen LogP contribution in [0.3, 0.4) is 0 Å². The SMILES string of the molecule is CC(=CC[S+](C)C)CCC[C@H](C)CCC[C@H](C)CCCC(C)C. The molecule has 0 saturated carbocycles. The molecule has 0 saturated heterocycles. The van der Waals surface area contributed by atoms with Gasteiger partial charge >= 0.3 is 0 Å². The third-order valence-electron chi connectivity index (χ3n) is 4.91. The summed E-state index contributed by atoms with van der Waals surface area (Å²) in [5, 5.41) is 0. The predicted octanol–water partition coefficient (Wildman–Crippen LogP) is 7.25. The van der Waals surface area contributed by atoms with E-state index in [9.17, 15) is 0 Å². The number of hydrogen-bond donors (Lipinski definition) is 0. The highest BCUT2D eigenvalue weighted by molar-refractivity contribution is 7.95. The molecule has 0 amide bonds. The van der Waals surface area contributed by atoms with Crippen LogP contribution in [0.25, 0.3) is 0 Å². The maximum absolute atomic E-state index is 2.46. The quantitative estimate of drug-likeness (QED) is 0.230. The summed E-state index contributed by atoms with van der Waals surface area (Å²) in [6.07, 6.45) is 19.8. The van der Waals surface area contributed by atoms with Crippen molar-refractivity contribution >= 4 is 10.9 Å². The molecule has 0 aromatic carbocycles. The number of hydrogen-bond acceptors (Lipinski definition) is 0. The lowest BCUT2D eigenvalue weighted by Gasteiger charge is -2.15. The number of rotatable bonds is 14. The van der Waals surface area contributed by atoms with E-state index in [1.165, 1.54) is 63.5 Å². The van der Waals surface area contributed by atoms with Crippen LogP contribution in [0.4, 0.5) is 0 Å². The fourth-order valence-electron chi connectivity index (χ4n) is 3.12. The summed E-state index contributed by atoms with van der Waals surface area (Å²) in [6.45, 7) is 11.9. The van der Waals surface area contributed by atoms with Gasteiger partial charge in [-0.2, -0.15) is 0 Å². The summed E-state index contributed by atoms with van der Waals surface area (Å²) < 4.78 is 0. The van der Waals surface area contributed by atoms with Crippen LogP contribution < -0.4 is 0 Å². The first kappa shape index (κ1) is 23.1. The highest BCUT2D eigenvalue weighted by Gasteiger charge is 2.07. The maximum atomic E-state index is 2.46. The van der Waals surface area contributed by atoms with Gasteiger partial charge in [-0.1, -0.05) is 78.2 Å². The van der Waals surface area contributed by atoms with Gasteiger partial charge in [-0.3, -0.25) is 0 Å². The Labute approximate surface area is 151 Å². The summed E-state index contributed by atoms with van der Waals surface area (Å²) in [5.41, 5.74) is 1.61. The molecule has 0 aromatic rings. The molecule has 138 valence electrons. The van der Waals surface area contributed by atoms with Gasteiger partial charge in [0, 0.05) is 0 Å². The summed E-state index contributed by atoms with van der Waals surface area (Å²) in [7, 11) is 0.559. The Hall–Kier alpha value is 0.0900. The van der Waals surface area contributed by atoms with Gasteiger partial charge in [0.05, 0.1) is 12.5 Å². The summed E-state index contributed by atoms with van der Waals surface area (Å²) in [4.78, 5) is 0. The Kier molecular flexibility index (Phi) is 14.5. The lowest BCUT2D eigenvalue weighted by atomic mass is 9.91. The fourth-order valence-corrected chi connectivity index (χ4v) is 3.74. The van der Waals surface area contributed by atoms with Crippen molar-refractivity contribution in [3.63, 3.8) is 0 Å². The Morgan fingerprint density at radius 2 is 1.26 bits per heavy atom. The highest BCUT2D eigenvalue weighted by Crippen LogP contribution is 2.22. The summed E-state index contributed by atoms with van der Waals surface area (Å²) in [5.74, 6) is 4.00. The van der Waals surface area contributed by atoms with Crippen LogP contribution in [-0.4, -0.2) is 18.3 Å². The van der Waals surface area contributed by atoms with Gasteiger partial charge in [-0.05, 0) is 54.5 Å². The van der Waals surface area contributed by atoms with Gasteiger partial charge in [-0.15, -0.1) is 0 Å². The van der Waals surface area contributed by atoms with E-state index >= 15 is 0 Å². The molecule has 0 unspecified atom stereocenters. The molecular weight excluding hydrogens is 296 g/mol. The minimum Gasteiger partial charge on any atom is -0.0727 e. The van der Waals surface area contributed by atoms with Crippen LogP contribution in [0.5, 0.6) is 0 Å². The van der Waals surface area contributed by atoms with Crippen LogP contribution in [0.1, 0.15) is 92.4 Å². The van der Waals surface area contributed by atoms with Crippen molar-refractivity contribution in [2.24, 2.45) is 17.8 Å². The third-order valence-corrected chi connectivity index (χ3v) is 5.74. The molecule has 0 N–H and O–H groups in total. The Bertz CT molecular complexity index is 290. The lowest BCUT2D eigenvalue weighted by Crippen LogP contribution is -2.01. The topological polar surface area (TPSA) is 0 Å². The molecular formula is C22H45S+. The van der Waals surface area contributed by atoms with Crippen LogP contribution in [0.2, 0.25) is 0 Å². The van der Waals surface area contributed by atoms with Crippen molar-refractivity contribution in [2.75, 3.05) is 18.3 Å². The zero-order valence-electron chi connectivity index (χ0n) is 17.3. The molecule has 0 aliphatic rings. The van der Waals surface area contributed by atoms with E-state index in [1.807, 2.05) is 0 Å². The van der Waals surface area contributed by atoms with Crippen LogP contribution in [0, 0.1) is 17.8 Å². The van der Waals surface area contributed by atoms with E-state index in [2.05, 4.69) is 53.2 Å². The van der Waals surface area contributed by atoms with Crippen LogP contribution in [-0.2, 0) is 10.9 Å². The second kappa shape index (κ2) is 14.4. The molecule has 23 heavy (non-hydrogen) atoms. The highest BCUT2D eigenvalue weighted by atomic mass is 32.2. The van der Waals surface area contributed by atoms with E-state index in [0.29, 0.717) is 10.9 Å². The minimum atomic E-state index is 0.559. The van der Waals surface area contributed by atoms with E-state index < -0.39 is 0 Å². The van der Waals surface area contributed by atoms with Crippen molar-refractivity contribution in [3.8, 4) is 0 Å². The molecule has 0 bridgehead atoms. The van der Waals surface area contributed by atoms with E-state index in [-0.39, 0.29) is 0 Å². The lowest BCUT2D eigenvalue weighted by molar-refractivity contribution is 0.389. The predicted molar refractivity (Wildman–Crippen MR) is 113 cm³/mol. The van der Waals surface area contributed by atoms with E-state index in [1.54, 1.807) is 5.57 Å². The Morgan fingerprint density at radius 3 is 1.74 bits per heavy atom. The van der Waals surface area contributed by atoms with Gasteiger partial charge in [0.15, 0.2) is 0 Å². The first-order valence-electron chi connectivity index (χ1n) is 10.0.